The van der Waals surface area contributed by atoms with Gasteiger partial charge >= 0.3 is 0 Å². The van der Waals surface area contributed by atoms with Crippen LogP contribution in [0.5, 0.6) is 0 Å². The highest BCUT2D eigenvalue weighted by Crippen LogP contribution is 2.21. The van der Waals surface area contributed by atoms with Crippen LogP contribution < -0.4 is 0 Å². The van der Waals surface area contributed by atoms with Crippen LogP contribution in [-0.2, 0) is 12.8 Å². The van der Waals surface area contributed by atoms with E-state index in [-0.39, 0.29) is 0 Å². The van der Waals surface area contributed by atoms with E-state index in [2.05, 4.69) is 24.9 Å². The van der Waals surface area contributed by atoms with Gasteiger partial charge in [-0.25, -0.2) is 0 Å². The molecule has 0 spiro atoms. The molecule has 0 aliphatic heterocycles. The van der Waals surface area contributed by atoms with E-state index in [9.17, 15) is 0 Å². The fourth-order valence-corrected chi connectivity index (χ4v) is 1.69. The number of aryl methyl sites for hydroxylation is 4. The van der Waals surface area contributed by atoms with Gasteiger partial charge in [-0.15, -0.1) is 0 Å². The van der Waals surface area contributed by atoms with E-state index >= 15 is 0 Å². The van der Waals surface area contributed by atoms with Crippen LogP contribution in [0.1, 0.15) is 42.8 Å². The zero-order chi connectivity index (χ0) is 9.84. The molecule has 0 unspecified atom stereocenters. The zero-order valence-corrected chi connectivity index (χ0v) is 9.15. The van der Waals surface area contributed by atoms with Gasteiger partial charge in [-0.05, 0) is 44.2 Å². The molecule has 1 aliphatic rings. The van der Waals surface area contributed by atoms with Gasteiger partial charge in [0.25, 0.3) is 0 Å². The van der Waals surface area contributed by atoms with Gasteiger partial charge in [0.1, 0.15) is 0 Å². The summed E-state index contributed by atoms with van der Waals surface area (Å²) in [5, 5.41) is 0. The Hall–Kier alpha value is -0.850. The Balaban J connectivity index is 0.000000396. The van der Waals surface area contributed by atoms with Crippen molar-refractivity contribution < 1.29 is 0 Å². The molecular formula is C12H19N. The second-order valence-corrected chi connectivity index (χ2v) is 3.35. The first-order valence-electron chi connectivity index (χ1n) is 5.23. The van der Waals surface area contributed by atoms with E-state index in [1.807, 2.05) is 13.8 Å². The van der Waals surface area contributed by atoms with Crippen molar-refractivity contribution >= 4 is 0 Å². The maximum Gasteiger partial charge on any atom is 0.0439 e. The van der Waals surface area contributed by atoms with E-state index in [1.54, 1.807) is 0 Å². The summed E-state index contributed by atoms with van der Waals surface area (Å²) in [5.74, 6) is 0. The molecule has 1 aliphatic carbocycles. The second-order valence-electron chi connectivity index (χ2n) is 3.35. The lowest BCUT2D eigenvalue weighted by Gasteiger charge is -2.02. The smallest absolute Gasteiger partial charge is 0.0439 e. The third-order valence-electron chi connectivity index (χ3n) is 2.49. The first kappa shape index (κ1) is 10.2. The summed E-state index contributed by atoms with van der Waals surface area (Å²) in [6.45, 7) is 8.23. The SMILES string of the molecule is CC.Cc1cc2c(nc1C)CCC2. The summed E-state index contributed by atoms with van der Waals surface area (Å²) in [7, 11) is 0. The van der Waals surface area contributed by atoms with Gasteiger partial charge in [0.15, 0.2) is 0 Å². The molecule has 0 saturated heterocycles. The van der Waals surface area contributed by atoms with E-state index in [0.29, 0.717) is 0 Å². The third kappa shape index (κ3) is 2.09. The van der Waals surface area contributed by atoms with Crippen LogP contribution in [0.2, 0.25) is 0 Å². The molecule has 13 heavy (non-hydrogen) atoms. The molecule has 1 heteroatoms. The molecule has 2 rings (SSSR count). The average molecular weight is 177 g/mol. The predicted molar refractivity (Wildman–Crippen MR) is 57.1 cm³/mol. The lowest BCUT2D eigenvalue weighted by atomic mass is 10.1. The summed E-state index contributed by atoms with van der Waals surface area (Å²) < 4.78 is 0. The Kier molecular flexibility index (Phi) is 3.47. The Morgan fingerprint density at radius 3 is 2.54 bits per heavy atom. The van der Waals surface area contributed by atoms with E-state index in [1.165, 1.54) is 41.8 Å². The Morgan fingerprint density at radius 1 is 1.15 bits per heavy atom. The minimum atomic E-state index is 1.19. The Bertz CT molecular complexity index is 260. The van der Waals surface area contributed by atoms with Crippen LogP contribution in [0.4, 0.5) is 0 Å². The average Bonchev–Trinajstić information content (AvgIpc) is 2.56. The van der Waals surface area contributed by atoms with Crippen molar-refractivity contribution in [1.82, 2.24) is 4.98 Å². The summed E-state index contributed by atoms with van der Waals surface area (Å²) in [5.41, 5.74) is 5.36. The van der Waals surface area contributed by atoms with Crippen LogP contribution in [0.25, 0.3) is 0 Å². The van der Waals surface area contributed by atoms with Crippen molar-refractivity contribution in [2.24, 2.45) is 0 Å². The molecule has 0 N–H and O–H groups in total. The molecule has 72 valence electrons. The maximum atomic E-state index is 4.55. The largest absolute Gasteiger partial charge is 0.258 e. The van der Waals surface area contributed by atoms with E-state index in [0.717, 1.165) is 0 Å². The monoisotopic (exact) mass is 177 g/mol. The Labute approximate surface area is 81.2 Å². The number of aromatic nitrogens is 1. The summed E-state index contributed by atoms with van der Waals surface area (Å²) in [4.78, 5) is 4.55. The van der Waals surface area contributed by atoms with Crippen molar-refractivity contribution in [3.05, 3.63) is 28.6 Å². The molecule has 1 heterocycles. The number of pyridine rings is 1. The maximum absolute atomic E-state index is 4.55. The summed E-state index contributed by atoms with van der Waals surface area (Å²) >= 11 is 0. The van der Waals surface area contributed by atoms with Crippen LogP contribution in [0, 0.1) is 13.8 Å². The van der Waals surface area contributed by atoms with Crippen molar-refractivity contribution in [3.8, 4) is 0 Å². The van der Waals surface area contributed by atoms with E-state index < -0.39 is 0 Å². The molecule has 1 nitrogen and oxygen atoms in total. The summed E-state index contributed by atoms with van der Waals surface area (Å²) in [6, 6.07) is 2.30. The fourth-order valence-electron chi connectivity index (χ4n) is 1.69. The normalized spacial score (nSPS) is 13.2. The second kappa shape index (κ2) is 4.40. The van der Waals surface area contributed by atoms with Gasteiger partial charge in [0, 0.05) is 11.4 Å². The highest BCUT2D eigenvalue weighted by molar-refractivity contribution is 5.32. The number of nitrogens with zero attached hydrogens (tertiary/aromatic N) is 1. The van der Waals surface area contributed by atoms with Gasteiger partial charge in [0.05, 0.1) is 0 Å². The molecule has 0 fully saturated rings. The standard InChI is InChI=1S/C10H13N.C2H6/c1-7-6-9-4-3-5-10(9)11-8(7)2;1-2/h6H,3-5H2,1-2H3;1-2H3. The van der Waals surface area contributed by atoms with Crippen LogP contribution in [0.3, 0.4) is 0 Å². The predicted octanol–water partition coefficient (Wildman–Crippen LogP) is 3.21. The minimum absolute atomic E-state index is 1.19. The van der Waals surface area contributed by atoms with Crippen molar-refractivity contribution in [1.29, 1.82) is 0 Å². The van der Waals surface area contributed by atoms with E-state index in [4.69, 9.17) is 0 Å². The van der Waals surface area contributed by atoms with Crippen molar-refractivity contribution in [2.45, 2.75) is 47.0 Å². The minimum Gasteiger partial charge on any atom is -0.258 e. The first-order chi connectivity index (χ1) is 6.27. The lowest BCUT2D eigenvalue weighted by molar-refractivity contribution is 0.896. The molecule has 0 bridgehead atoms. The van der Waals surface area contributed by atoms with Gasteiger partial charge in [-0.2, -0.15) is 0 Å². The van der Waals surface area contributed by atoms with Crippen molar-refractivity contribution in [3.63, 3.8) is 0 Å². The molecule has 0 saturated carbocycles. The van der Waals surface area contributed by atoms with Crippen molar-refractivity contribution in [2.75, 3.05) is 0 Å². The Morgan fingerprint density at radius 2 is 1.85 bits per heavy atom. The number of fused-ring (bicyclic) bond motifs is 1. The van der Waals surface area contributed by atoms with Crippen LogP contribution in [-0.4, -0.2) is 4.98 Å². The first-order valence-corrected chi connectivity index (χ1v) is 5.23. The molecule has 0 radical (unpaired) electrons. The van der Waals surface area contributed by atoms with Gasteiger partial charge in [0.2, 0.25) is 0 Å². The van der Waals surface area contributed by atoms with Gasteiger partial charge in [-0.1, -0.05) is 19.9 Å². The molecule has 1 aromatic rings. The zero-order valence-electron chi connectivity index (χ0n) is 9.15. The highest BCUT2D eigenvalue weighted by atomic mass is 14.7. The molecule has 0 aromatic carbocycles. The van der Waals surface area contributed by atoms with Crippen LogP contribution in [0.15, 0.2) is 6.07 Å². The molecular weight excluding hydrogens is 158 g/mol. The lowest BCUT2D eigenvalue weighted by Crippen LogP contribution is -1.93. The number of hydrogen-bond acceptors (Lipinski definition) is 1. The molecule has 0 atom stereocenters. The highest BCUT2D eigenvalue weighted by Gasteiger charge is 2.12. The third-order valence-corrected chi connectivity index (χ3v) is 2.49. The summed E-state index contributed by atoms with van der Waals surface area (Å²) in [6.07, 6.45) is 3.73. The van der Waals surface area contributed by atoms with Gasteiger partial charge < -0.3 is 0 Å². The number of rotatable bonds is 0. The van der Waals surface area contributed by atoms with Gasteiger partial charge in [-0.3, -0.25) is 4.98 Å². The fraction of sp³-hybridized carbons (Fsp3) is 0.583. The quantitative estimate of drug-likeness (QED) is 0.593. The molecule has 0 amide bonds. The molecule has 1 aromatic heterocycles. The topological polar surface area (TPSA) is 12.9 Å². The number of hydrogen-bond donors (Lipinski definition) is 0. The van der Waals surface area contributed by atoms with Crippen LogP contribution >= 0.6 is 0 Å².